The van der Waals surface area contributed by atoms with Gasteiger partial charge in [0.2, 0.25) is 0 Å². The monoisotopic (exact) mass is 703 g/mol. The zero-order valence-electron chi connectivity index (χ0n) is 31.7. The lowest BCUT2D eigenvalue weighted by Gasteiger charge is -2.30. The van der Waals surface area contributed by atoms with Crippen molar-refractivity contribution in [2.45, 2.75) is 38.5 Å². The molecule has 1 nitrogen and oxygen atoms in total. The Morgan fingerprint density at radius 3 is 1.71 bits per heavy atom. The van der Waals surface area contributed by atoms with Crippen molar-refractivity contribution in [3.63, 3.8) is 0 Å². The van der Waals surface area contributed by atoms with Crippen molar-refractivity contribution < 1.29 is 0 Å². The van der Waals surface area contributed by atoms with Gasteiger partial charge in [-0.05, 0) is 119 Å². The summed E-state index contributed by atoms with van der Waals surface area (Å²) < 4.78 is 0. The van der Waals surface area contributed by atoms with E-state index in [1.165, 1.54) is 99.3 Å². The quantitative estimate of drug-likeness (QED) is 0.165. The molecule has 55 heavy (non-hydrogen) atoms. The molecule has 1 heteroatoms. The van der Waals surface area contributed by atoms with Gasteiger partial charge in [0.25, 0.3) is 0 Å². The van der Waals surface area contributed by atoms with Crippen LogP contribution in [0.2, 0.25) is 0 Å². The summed E-state index contributed by atoms with van der Waals surface area (Å²) in [6.07, 6.45) is 0. The van der Waals surface area contributed by atoms with E-state index in [9.17, 15) is 0 Å². The normalized spacial score (nSPS) is 14.5. The van der Waals surface area contributed by atoms with Crippen molar-refractivity contribution in [1.82, 2.24) is 0 Å². The van der Waals surface area contributed by atoms with Gasteiger partial charge >= 0.3 is 0 Å². The minimum absolute atomic E-state index is 0.0478. The van der Waals surface area contributed by atoms with Crippen LogP contribution in [-0.4, -0.2) is 0 Å². The Balaban J connectivity index is 1.06. The molecular formula is C54H41N. The topological polar surface area (TPSA) is 3.24 Å². The van der Waals surface area contributed by atoms with Gasteiger partial charge in [0.15, 0.2) is 0 Å². The maximum Gasteiger partial charge on any atom is 0.0543 e. The second-order valence-electron chi connectivity index (χ2n) is 16.5. The fourth-order valence-corrected chi connectivity index (χ4v) is 10.0. The van der Waals surface area contributed by atoms with Gasteiger partial charge in [-0.2, -0.15) is 0 Å². The van der Waals surface area contributed by atoms with Crippen molar-refractivity contribution in [3.8, 4) is 33.4 Å². The van der Waals surface area contributed by atoms with Crippen LogP contribution in [0.25, 0.3) is 65.7 Å². The lowest BCUT2D eigenvalue weighted by Crippen LogP contribution is -2.16. The molecule has 9 aromatic carbocycles. The minimum atomic E-state index is -0.0904. The molecule has 0 atom stereocenters. The first kappa shape index (κ1) is 32.0. The number of hydrogen-bond acceptors (Lipinski definition) is 1. The van der Waals surface area contributed by atoms with Crippen LogP contribution in [0.5, 0.6) is 0 Å². The standard InChI is InChI=1S/C54H41N/c1-53(2)47-16-9-7-14-44(47)46-33-39(27-31-49(46)53)55(51-19-11-18-50-52(51)45-15-8-10-17-48(45)54(50,3)4)38-25-20-34(21-26-38)36-23-28-41-37(32-36)24-30-42-40-13-6-5-12-35(40)22-29-43(41)42/h5-33H,1-4H3. The average molecular weight is 704 g/mol. The minimum Gasteiger partial charge on any atom is -0.310 e. The molecule has 0 saturated heterocycles. The van der Waals surface area contributed by atoms with Gasteiger partial charge in [-0.25, -0.2) is 0 Å². The largest absolute Gasteiger partial charge is 0.310 e. The Morgan fingerprint density at radius 2 is 0.909 bits per heavy atom. The maximum absolute atomic E-state index is 2.49. The average Bonchev–Trinajstić information content (AvgIpc) is 3.60. The van der Waals surface area contributed by atoms with Crippen LogP contribution in [0.15, 0.2) is 176 Å². The molecule has 0 bridgehead atoms. The van der Waals surface area contributed by atoms with Gasteiger partial charge in [-0.15, -0.1) is 0 Å². The van der Waals surface area contributed by atoms with E-state index in [0.29, 0.717) is 0 Å². The van der Waals surface area contributed by atoms with E-state index in [1.54, 1.807) is 0 Å². The van der Waals surface area contributed by atoms with Crippen LogP contribution in [0, 0.1) is 0 Å². The Morgan fingerprint density at radius 1 is 0.345 bits per heavy atom. The van der Waals surface area contributed by atoms with Gasteiger partial charge in [0, 0.05) is 27.8 Å². The highest BCUT2D eigenvalue weighted by Crippen LogP contribution is 2.55. The van der Waals surface area contributed by atoms with E-state index in [4.69, 9.17) is 0 Å². The summed E-state index contributed by atoms with van der Waals surface area (Å²) in [4.78, 5) is 2.49. The van der Waals surface area contributed by atoms with Gasteiger partial charge in [-0.1, -0.05) is 167 Å². The number of nitrogens with zero attached hydrogens (tertiary/aromatic N) is 1. The Kier molecular flexibility index (Phi) is 6.72. The smallest absolute Gasteiger partial charge is 0.0543 e. The summed E-state index contributed by atoms with van der Waals surface area (Å²) in [7, 11) is 0. The first-order chi connectivity index (χ1) is 26.8. The lowest BCUT2D eigenvalue weighted by molar-refractivity contribution is 0.660. The van der Waals surface area contributed by atoms with E-state index in [0.717, 1.165) is 5.69 Å². The second-order valence-corrected chi connectivity index (χ2v) is 16.5. The highest BCUT2D eigenvalue weighted by Gasteiger charge is 2.39. The molecule has 2 aliphatic carbocycles. The molecule has 0 fully saturated rings. The summed E-state index contributed by atoms with van der Waals surface area (Å²) in [5, 5.41) is 7.74. The molecular weight excluding hydrogens is 663 g/mol. The molecule has 0 spiro atoms. The van der Waals surface area contributed by atoms with E-state index in [-0.39, 0.29) is 10.8 Å². The molecule has 0 radical (unpaired) electrons. The summed E-state index contributed by atoms with van der Waals surface area (Å²) in [6, 6.07) is 65.9. The molecule has 0 aromatic heterocycles. The molecule has 0 aliphatic heterocycles. The van der Waals surface area contributed by atoms with E-state index < -0.39 is 0 Å². The zero-order chi connectivity index (χ0) is 37.1. The highest BCUT2D eigenvalue weighted by atomic mass is 15.1. The van der Waals surface area contributed by atoms with E-state index >= 15 is 0 Å². The number of anilines is 3. The molecule has 9 aromatic rings. The van der Waals surface area contributed by atoms with Crippen LogP contribution in [-0.2, 0) is 10.8 Å². The van der Waals surface area contributed by atoms with Gasteiger partial charge in [0.1, 0.15) is 0 Å². The van der Waals surface area contributed by atoms with Crippen LogP contribution in [0.1, 0.15) is 49.9 Å². The number of hydrogen-bond donors (Lipinski definition) is 0. The van der Waals surface area contributed by atoms with Crippen molar-refractivity contribution in [1.29, 1.82) is 0 Å². The van der Waals surface area contributed by atoms with Gasteiger partial charge in [0.05, 0.1) is 5.69 Å². The van der Waals surface area contributed by atoms with E-state index in [1.807, 2.05) is 0 Å². The van der Waals surface area contributed by atoms with Gasteiger partial charge in [-0.3, -0.25) is 0 Å². The third kappa shape index (κ3) is 4.60. The SMILES string of the molecule is CC1(C)c2ccccc2-c2cc(N(c3ccc(-c4ccc5c(ccc6c7ccccc7ccc56)c4)cc3)c3cccc4c3-c3ccccc3C4(C)C)ccc21. The third-order valence-corrected chi connectivity index (χ3v) is 12.9. The lowest BCUT2D eigenvalue weighted by atomic mass is 9.82. The fraction of sp³-hybridized carbons (Fsp3) is 0.111. The first-order valence-electron chi connectivity index (χ1n) is 19.5. The number of benzene rings is 9. The Hall–Kier alpha value is -6.44. The molecule has 262 valence electrons. The molecule has 0 heterocycles. The van der Waals surface area contributed by atoms with Crippen molar-refractivity contribution in [2.24, 2.45) is 0 Å². The predicted molar refractivity (Wildman–Crippen MR) is 234 cm³/mol. The summed E-state index contributed by atoms with van der Waals surface area (Å²) in [6.45, 7) is 9.44. The molecule has 2 aliphatic rings. The second kappa shape index (κ2) is 11.5. The van der Waals surface area contributed by atoms with Crippen LogP contribution in [0.3, 0.4) is 0 Å². The fourth-order valence-electron chi connectivity index (χ4n) is 10.0. The van der Waals surface area contributed by atoms with Crippen molar-refractivity contribution in [3.05, 3.63) is 198 Å². The van der Waals surface area contributed by atoms with Gasteiger partial charge < -0.3 is 4.90 Å². The molecule has 0 unspecified atom stereocenters. The van der Waals surface area contributed by atoms with Crippen LogP contribution >= 0.6 is 0 Å². The summed E-state index contributed by atoms with van der Waals surface area (Å²) in [5.41, 5.74) is 16.6. The summed E-state index contributed by atoms with van der Waals surface area (Å²) >= 11 is 0. The zero-order valence-corrected chi connectivity index (χ0v) is 31.7. The Labute approximate surface area is 323 Å². The van der Waals surface area contributed by atoms with Crippen LogP contribution in [0.4, 0.5) is 17.1 Å². The third-order valence-electron chi connectivity index (χ3n) is 12.9. The molecule has 0 amide bonds. The molecule has 11 rings (SSSR count). The summed E-state index contributed by atoms with van der Waals surface area (Å²) in [5.74, 6) is 0. The van der Waals surface area contributed by atoms with Crippen molar-refractivity contribution >= 4 is 49.4 Å². The molecule has 0 N–H and O–H groups in total. The van der Waals surface area contributed by atoms with E-state index in [2.05, 4.69) is 209 Å². The van der Waals surface area contributed by atoms with Crippen molar-refractivity contribution in [2.75, 3.05) is 4.90 Å². The number of fused-ring (bicyclic) bond motifs is 11. The number of rotatable bonds is 4. The predicted octanol–water partition coefficient (Wildman–Crippen LogP) is 14.9. The maximum atomic E-state index is 2.49. The molecule has 0 saturated carbocycles. The highest BCUT2D eigenvalue weighted by molar-refractivity contribution is 6.17. The first-order valence-corrected chi connectivity index (χ1v) is 19.5. The Bertz CT molecular complexity index is 3030. The van der Waals surface area contributed by atoms with Crippen LogP contribution < -0.4 is 4.90 Å².